The van der Waals surface area contributed by atoms with E-state index >= 15 is 0 Å². The number of aliphatic hydroxyl groups excluding tert-OH is 3. The third-order valence-corrected chi connectivity index (χ3v) is 24.9. The van der Waals surface area contributed by atoms with Crippen molar-refractivity contribution < 1.29 is 72.5 Å². The smallest absolute Gasteiger partial charge is 0.423 e. The fourth-order valence-electron chi connectivity index (χ4n) is 10.0. The highest BCUT2D eigenvalue weighted by atomic mass is 35.5. The Hall–Kier alpha value is -9.32. The van der Waals surface area contributed by atoms with Crippen LogP contribution in [0.4, 0.5) is 9.59 Å². The van der Waals surface area contributed by atoms with Crippen molar-refractivity contribution >= 4 is 223 Å². The second-order valence-corrected chi connectivity index (χ2v) is 36.4. The van der Waals surface area contributed by atoms with Gasteiger partial charge in [-0.15, -0.1) is 0 Å². The first-order chi connectivity index (χ1) is 64.3. The number of aryl methyl sites for hydroxylation is 8. The molecule has 3 N–H and O–H groups in total. The zero-order chi connectivity index (χ0) is 99.1. The third-order valence-electron chi connectivity index (χ3n) is 16.3. The van der Waals surface area contributed by atoms with Crippen LogP contribution in [-0.4, -0.2) is 185 Å². The summed E-state index contributed by atoms with van der Waals surface area (Å²) in [4.78, 5) is 152. The van der Waals surface area contributed by atoms with Crippen molar-refractivity contribution in [2.75, 3.05) is 39.5 Å². The van der Waals surface area contributed by atoms with Gasteiger partial charge in [-0.05, 0) is 98.4 Å². The minimum Gasteiger partial charge on any atom is -0.449 e. The van der Waals surface area contributed by atoms with Crippen LogP contribution in [-0.2, 0) is 58.4 Å². The van der Waals surface area contributed by atoms with Crippen molar-refractivity contribution in [2.24, 2.45) is 0 Å². The molecule has 0 unspecified atom stereocenters. The lowest BCUT2D eigenvalue weighted by Gasteiger charge is -2.17. The van der Waals surface area contributed by atoms with Gasteiger partial charge in [0.2, 0.25) is 29.4 Å². The van der Waals surface area contributed by atoms with Crippen LogP contribution >= 0.6 is 187 Å². The lowest BCUT2D eigenvalue weighted by molar-refractivity contribution is -0.138. The van der Waals surface area contributed by atoms with Crippen LogP contribution in [0.3, 0.4) is 0 Å². The van der Waals surface area contributed by atoms with Crippen LogP contribution in [0.2, 0.25) is 50.2 Å². The monoisotopic (exact) mass is 2150 g/mol. The number of halogens is 10. The van der Waals surface area contributed by atoms with Gasteiger partial charge in [-0.1, -0.05) is 187 Å². The molecule has 12 aromatic rings. The minimum atomic E-state index is -0.783. The maximum atomic E-state index is 12.1. The first-order valence-corrected chi connectivity index (χ1v) is 48.7. The minimum absolute atomic E-state index is 0.0842. The van der Waals surface area contributed by atoms with E-state index in [4.69, 9.17) is 160 Å². The Morgan fingerprint density at radius 1 is 0.333 bits per heavy atom. The maximum absolute atomic E-state index is 12.1. The number of thioether (sulfide) groups is 6. The van der Waals surface area contributed by atoms with Gasteiger partial charge in [0.05, 0.1) is 56.8 Å². The van der Waals surface area contributed by atoms with E-state index in [9.17, 15) is 33.6 Å². The summed E-state index contributed by atoms with van der Waals surface area (Å²) in [5, 5.41) is 33.4. The van der Waals surface area contributed by atoms with Gasteiger partial charge in [0.25, 0.3) is 5.56 Å². The molecule has 35 nitrogen and oxygen atoms in total. The van der Waals surface area contributed by atoms with Crippen molar-refractivity contribution in [1.82, 2.24) is 94.2 Å². The zero-order valence-corrected chi connectivity index (χ0v) is 85.7. The number of aromatic nitrogens is 18. The normalized spacial score (nSPS) is 10.6. The number of ether oxygens (including phenoxy) is 6. The van der Waals surface area contributed by atoms with Crippen molar-refractivity contribution in [3.63, 3.8) is 0 Å². The summed E-state index contributed by atoms with van der Waals surface area (Å²) in [5.74, 6) is 0.918. The highest BCUT2D eigenvalue weighted by molar-refractivity contribution is 7.99. The lowest BCUT2D eigenvalue weighted by Crippen LogP contribution is -2.33. The van der Waals surface area contributed by atoms with Gasteiger partial charge in [0.1, 0.15) is 19.8 Å². The van der Waals surface area contributed by atoms with E-state index in [1.165, 1.54) is 151 Å². The maximum Gasteiger partial charge on any atom is 0.423 e. The van der Waals surface area contributed by atoms with Gasteiger partial charge in [-0.2, -0.15) is 29.5 Å². The molecule has 0 aliphatic heterocycles. The highest BCUT2D eigenvalue weighted by Gasteiger charge is 2.22. The van der Waals surface area contributed by atoms with Crippen molar-refractivity contribution in [2.45, 2.75) is 149 Å². The largest absolute Gasteiger partial charge is 0.449 e. The van der Waals surface area contributed by atoms with Gasteiger partial charge in [0, 0.05) is 222 Å². The van der Waals surface area contributed by atoms with Crippen molar-refractivity contribution in [3.05, 3.63) is 250 Å². The van der Waals surface area contributed by atoms with Crippen LogP contribution < -0.4 is 29.2 Å². The van der Waals surface area contributed by atoms with E-state index in [-0.39, 0.29) is 41.2 Å². The van der Waals surface area contributed by atoms with Crippen LogP contribution in [0.15, 0.2) is 146 Å². The summed E-state index contributed by atoms with van der Waals surface area (Å²) < 4.78 is 30.8. The molecule has 714 valence electrons. The molecule has 51 heteroatoms. The number of nitrogens with zero attached hydrogens (tertiary/aromatic N) is 19. The second-order valence-electron chi connectivity index (χ2n) is 26.6. The molecule has 0 bridgehead atoms. The first kappa shape index (κ1) is 113. The molecule has 0 aliphatic carbocycles. The molecule has 0 fully saturated rings. The van der Waals surface area contributed by atoms with E-state index < -0.39 is 61.4 Å². The second kappa shape index (κ2) is 57.8. The predicted molar refractivity (Wildman–Crippen MR) is 520 cm³/mol. The van der Waals surface area contributed by atoms with Gasteiger partial charge in [-0.3, -0.25) is 39.5 Å². The molecule has 12 rings (SSSR count). The lowest BCUT2D eigenvalue weighted by atomic mass is 10.2. The number of carbonyl (C=O) groups excluding carboxylic acids is 6. The summed E-state index contributed by atoms with van der Waals surface area (Å²) in [7, 11) is 0. The molecule has 1 amide bonds. The Bertz CT molecular complexity index is 5820. The third kappa shape index (κ3) is 38.2. The van der Waals surface area contributed by atoms with E-state index in [1.54, 1.807) is 76.4 Å². The average Bonchev–Trinajstić information content (AvgIpc) is 0.811. The molecule has 12 aromatic heterocycles. The molecule has 0 aromatic carbocycles. The van der Waals surface area contributed by atoms with Crippen LogP contribution in [0.1, 0.15) is 106 Å². The summed E-state index contributed by atoms with van der Waals surface area (Å²) in [6.45, 7) is 20.4. The zero-order valence-electron chi connectivity index (χ0n) is 73.3. The number of carbonyl (C=O) groups is 6. The fraction of sp³-hybridized carbons (Fsp3) is 0.286. The Balaban J connectivity index is 0.000000221. The molecule has 0 spiro atoms. The van der Waals surface area contributed by atoms with Crippen LogP contribution in [0.25, 0.3) is 0 Å². The number of amides is 1. The number of hydrogen-bond donors (Lipinski definition) is 3. The SMILES string of the molecule is CC(=O)Oc1cc(C)nc(SCc2c(C)cncc2Cl)n1.CCN(CC)C(=O)Oc1cc(C)nc(SCc2c(Cl)cncc2Cl)n1.CCOC(=O)n1c(SCc2c(Cl)cncc2Cl)nc(C)cc1=O.Cc1cc(OC(=O)CO)nc(SCc2c(C)cncc2Cl)n1.Cc1cc(OC(=O)CO)nc(SCc2c(Cl)cncc2Cl)n1.Cc1cc(OC(=O)CO)nc(SCc2c(Cl)cncc2Cl)n1. The summed E-state index contributed by atoms with van der Waals surface area (Å²) in [5.41, 5.74) is 10.2. The first-order valence-electron chi connectivity index (χ1n) is 39.0. The number of esters is 4. The molecular weight excluding hydrogens is 2080 g/mol. The molecule has 0 saturated carbocycles. The summed E-state index contributed by atoms with van der Waals surface area (Å²) >= 11 is 68.8. The predicted octanol–water partition coefficient (Wildman–Crippen LogP) is 19.2. The van der Waals surface area contributed by atoms with Crippen LogP contribution in [0, 0.1) is 55.4 Å². The van der Waals surface area contributed by atoms with E-state index in [0.29, 0.717) is 158 Å². The number of hydrogen-bond acceptors (Lipinski definition) is 39. The standard InChI is InChI=1S/C16H18Cl2N4O2S.C14H13Cl2N3O3S.C14H14ClN3O3S.C14H14ClN3O2S.2C13H11Cl2N3O3S/c1-4-22(5-2)16(23)24-14-6-10(3)20-15(21-14)25-9-11-12(17)7-19-8-13(11)18;1-3-22-14(21)19-12(20)4-8(2)18-13(19)23-7-9-10(15)5-17-6-11(9)16;1-8-4-16-5-11(15)10(8)7-22-14-17-9(2)3-12(18-14)21-13(20)6-19;1-8-5-16-6-12(15)11(8)7-21-14-17-9(2)4-13(18-14)20-10(3)19;2*1-7-2-11(21-12(20)5-19)18-13(17-7)22-6-8-9(14)3-16-4-10(8)15/h6-8H,4-5,9H2,1-3H3;4-6H,3,7H2,1-2H3;3-5,19H,6-7H2,1-2H3;4-6H,7H2,1-3H3;2*2-4,19H,5-6H2,1H3. The Kier molecular flexibility index (Phi) is 48.2. The Labute approximate surface area is 849 Å². The number of aliphatic hydroxyl groups is 3. The van der Waals surface area contributed by atoms with Gasteiger partial charge in [-0.25, -0.2) is 53.9 Å². The highest BCUT2D eigenvalue weighted by Crippen LogP contribution is 2.37. The molecule has 0 radical (unpaired) electrons. The topological polar surface area (TPSA) is 463 Å². The molecule has 0 atom stereocenters. The Morgan fingerprint density at radius 2 is 0.578 bits per heavy atom. The summed E-state index contributed by atoms with van der Waals surface area (Å²) in [6, 6.07) is 9.05. The molecule has 135 heavy (non-hydrogen) atoms. The molecule has 12 heterocycles. The summed E-state index contributed by atoms with van der Waals surface area (Å²) in [6.07, 6.45) is 17.6. The Morgan fingerprint density at radius 3 is 0.837 bits per heavy atom. The van der Waals surface area contributed by atoms with E-state index in [2.05, 4.69) is 84.7 Å². The van der Waals surface area contributed by atoms with Crippen LogP contribution in [0.5, 0.6) is 29.4 Å². The molecule has 0 aliphatic rings. The number of pyridine rings is 6. The fourth-order valence-corrected chi connectivity index (χ4v) is 19.3. The quantitative estimate of drug-likeness (QED) is 0.0223. The van der Waals surface area contributed by atoms with Gasteiger partial charge in [0.15, 0.2) is 30.9 Å². The number of rotatable bonds is 29. The van der Waals surface area contributed by atoms with Gasteiger partial charge < -0.3 is 48.6 Å². The molecule has 0 saturated heterocycles. The van der Waals surface area contributed by atoms with Crippen molar-refractivity contribution in [3.8, 4) is 29.4 Å². The van der Waals surface area contributed by atoms with E-state index in [0.717, 1.165) is 49.2 Å². The van der Waals surface area contributed by atoms with Gasteiger partial charge >= 0.3 is 36.1 Å². The van der Waals surface area contributed by atoms with Crippen molar-refractivity contribution in [1.29, 1.82) is 0 Å². The molecular formula is C84H81Cl10N19O16S6. The van der Waals surface area contributed by atoms with E-state index in [1.807, 2.05) is 41.5 Å². The average molecular weight is 2160 g/mol.